The Bertz CT molecular complexity index is 426. The van der Waals surface area contributed by atoms with Gasteiger partial charge in [-0.1, -0.05) is 18.2 Å². The lowest BCUT2D eigenvalue weighted by Gasteiger charge is -2.05. The number of rotatable bonds is 3. The molecule has 0 unspecified atom stereocenters. The molecule has 0 aliphatic carbocycles. The highest BCUT2D eigenvalue weighted by molar-refractivity contribution is 7.80. The predicted octanol–water partition coefficient (Wildman–Crippen LogP) is 2.68. The van der Waals surface area contributed by atoms with E-state index in [1.807, 2.05) is 0 Å². The largest absolute Gasteiger partial charge is 0.450 e. The van der Waals surface area contributed by atoms with E-state index in [0.29, 0.717) is 0 Å². The average molecular weight is 248 g/mol. The second-order valence-electron chi connectivity index (χ2n) is 3.04. The highest BCUT2D eigenvalue weighted by atomic mass is 32.1. The fourth-order valence-electron chi connectivity index (χ4n) is 1.05. The second-order valence-corrected chi connectivity index (χ2v) is 3.52. The van der Waals surface area contributed by atoms with Gasteiger partial charge in [0.1, 0.15) is 0 Å². The standard InChI is InChI=1S/C10H7F3O2S/c11-10(12,13)9(15)5-7(14)6-3-1-2-4-8(6)16/h1-4,16H,5H2. The van der Waals surface area contributed by atoms with Crippen molar-refractivity contribution in [3.8, 4) is 0 Å². The summed E-state index contributed by atoms with van der Waals surface area (Å²) >= 11 is 3.92. The minimum absolute atomic E-state index is 0.0171. The molecular weight excluding hydrogens is 241 g/mol. The molecule has 0 aliphatic heterocycles. The molecule has 16 heavy (non-hydrogen) atoms. The average Bonchev–Trinajstić information content (AvgIpc) is 2.16. The Morgan fingerprint density at radius 3 is 2.25 bits per heavy atom. The van der Waals surface area contributed by atoms with Crippen LogP contribution in [0.5, 0.6) is 0 Å². The van der Waals surface area contributed by atoms with Crippen LogP contribution in [0.15, 0.2) is 29.2 Å². The zero-order valence-corrected chi connectivity index (χ0v) is 8.81. The lowest BCUT2D eigenvalue weighted by atomic mass is 10.1. The van der Waals surface area contributed by atoms with E-state index >= 15 is 0 Å². The van der Waals surface area contributed by atoms with Gasteiger partial charge in [0.05, 0.1) is 6.42 Å². The fourth-order valence-corrected chi connectivity index (χ4v) is 1.34. The Morgan fingerprint density at radius 2 is 1.75 bits per heavy atom. The summed E-state index contributed by atoms with van der Waals surface area (Å²) < 4.78 is 35.7. The van der Waals surface area contributed by atoms with Crippen LogP contribution in [-0.4, -0.2) is 17.7 Å². The zero-order valence-electron chi connectivity index (χ0n) is 7.91. The quantitative estimate of drug-likeness (QED) is 0.507. The first-order valence-corrected chi connectivity index (χ1v) is 4.68. The van der Waals surface area contributed by atoms with Crippen molar-refractivity contribution in [3.05, 3.63) is 29.8 Å². The maximum Gasteiger partial charge on any atom is 0.450 e. The van der Waals surface area contributed by atoms with Crippen LogP contribution >= 0.6 is 12.6 Å². The van der Waals surface area contributed by atoms with E-state index in [1.54, 1.807) is 6.07 Å². The molecule has 0 saturated carbocycles. The van der Waals surface area contributed by atoms with Crippen molar-refractivity contribution in [2.45, 2.75) is 17.5 Å². The molecule has 0 fully saturated rings. The van der Waals surface area contributed by atoms with Crippen molar-refractivity contribution in [3.63, 3.8) is 0 Å². The molecule has 0 bridgehead atoms. The van der Waals surface area contributed by atoms with Gasteiger partial charge in [0.25, 0.3) is 0 Å². The van der Waals surface area contributed by atoms with Crippen LogP contribution in [0.4, 0.5) is 13.2 Å². The summed E-state index contributed by atoms with van der Waals surface area (Å²) in [5.41, 5.74) is 0.0171. The van der Waals surface area contributed by atoms with Gasteiger partial charge in [-0.05, 0) is 6.07 Å². The number of ketones is 2. The van der Waals surface area contributed by atoms with Gasteiger partial charge in [-0.15, -0.1) is 12.6 Å². The van der Waals surface area contributed by atoms with Crippen LogP contribution in [0, 0.1) is 0 Å². The molecule has 86 valence electrons. The summed E-state index contributed by atoms with van der Waals surface area (Å²) in [6, 6.07) is 5.87. The van der Waals surface area contributed by atoms with Crippen molar-refractivity contribution < 1.29 is 22.8 Å². The van der Waals surface area contributed by atoms with Gasteiger partial charge in [0, 0.05) is 10.5 Å². The highest BCUT2D eigenvalue weighted by Crippen LogP contribution is 2.21. The SMILES string of the molecule is O=C(CC(=O)C(F)(F)F)c1ccccc1S. The number of halogens is 3. The van der Waals surface area contributed by atoms with Crippen molar-refractivity contribution in [1.29, 1.82) is 0 Å². The van der Waals surface area contributed by atoms with E-state index < -0.39 is 24.2 Å². The highest BCUT2D eigenvalue weighted by Gasteiger charge is 2.39. The molecule has 0 aliphatic rings. The predicted molar refractivity (Wildman–Crippen MR) is 53.7 cm³/mol. The normalized spacial score (nSPS) is 11.2. The number of hydrogen-bond donors (Lipinski definition) is 1. The number of alkyl halides is 3. The Morgan fingerprint density at radius 1 is 1.19 bits per heavy atom. The zero-order chi connectivity index (χ0) is 12.3. The van der Waals surface area contributed by atoms with E-state index in [-0.39, 0.29) is 10.5 Å². The Balaban J connectivity index is 2.82. The molecule has 0 saturated heterocycles. The van der Waals surface area contributed by atoms with Crippen molar-refractivity contribution >= 4 is 24.2 Å². The third-order valence-electron chi connectivity index (χ3n) is 1.84. The number of benzene rings is 1. The fraction of sp³-hybridized carbons (Fsp3) is 0.200. The maximum atomic E-state index is 11.9. The molecule has 2 nitrogen and oxygen atoms in total. The Hall–Kier alpha value is -1.30. The first-order valence-electron chi connectivity index (χ1n) is 4.23. The topological polar surface area (TPSA) is 34.1 Å². The molecule has 6 heteroatoms. The third-order valence-corrected chi connectivity index (χ3v) is 2.23. The first-order chi connectivity index (χ1) is 7.32. The molecule has 0 heterocycles. The van der Waals surface area contributed by atoms with Gasteiger partial charge >= 0.3 is 6.18 Å². The monoisotopic (exact) mass is 248 g/mol. The number of carbonyl (C=O) groups excluding carboxylic acids is 2. The van der Waals surface area contributed by atoms with Crippen molar-refractivity contribution in [2.24, 2.45) is 0 Å². The summed E-state index contributed by atoms with van der Waals surface area (Å²) in [5.74, 6) is -2.93. The van der Waals surface area contributed by atoms with Crippen LogP contribution in [0.25, 0.3) is 0 Å². The summed E-state index contributed by atoms with van der Waals surface area (Å²) in [6.07, 6.45) is -6.15. The molecule has 0 atom stereocenters. The van der Waals surface area contributed by atoms with E-state index in [9.17, 15) is 22.8 Å². The van der Waals surface area contributed by atoms with Gasteiger partial charge in [-0.3, -0.25) is 9.59 Å². The van der Waals surface area contributed by atoms with E-state index in [2.05, 4.69) is 12.6 Å². The molecule has 0 spiro atoms. The molecular formula is C10H7F3O2S. The minimum Gasteiger partial charge on any atom is -0.294 e. The molecule has 1 aromatic carbocycles. The van der Waals surface area contributed by atoms with Crippen molar-refractivity contribution in [1.82, 2.24) is 0 Å². The van der Waals surface area contributed by atoms with Crippen molar-refractivity contribution in [2.75, 3.05) is 0 Å². The van der Waals surface area contributed by atoms with Gasteiger partial charge in [-0.25, -0.2) is 0 Å². The van der Waals surface area contributed by atoms with Crippen LogP contribution in [0.3, 0.4) is 0 Å². The summed E-state index contributed by atoms with van der Waals surface area (Å²) in [7, 11) is 0. The Labute approximate surface area is 94.9 Å². The minimum atomic E-state index is -4.97. The van der Waals surface area contributed by atoms with E-state index in [4.69, 9.17) is 0 Å². The van der Waals surface area contributed by atoms with E-state index in [1.165, 1.54) is 18.2 Å². The smallest absolute Gasteiger partial charge is 0.294 e. The van der Waals surface area contributed by atoms with Crippen LogP contribution < -0.4 is 0 Å². The molecule has 0 aromatic heterocycles. The van der Waals surface area contributed by atoms with Gasteiger partial charge in [-0.2, -0.15) is 13.2 Å². The Kier molecular flexibility index (Phi) is 3.74. The van der Waals surface area contributed by atoms with Crippen LogP contribution in [0.2, 0.25) is 0 Å². The van der Waals surface area contributed by atoms with Crippen LogP contribution in [-0.2, 0) is 4.79 Å². The van der Waals surface area contributed by atoms with Gasteiger partial charge < -0.3 is 0 Å². The van der Waals surface area contributed by atoms with Gasteiger partial charge in [0.15, 0.2) is 5.78 Å². The molecule has 0 amide bonds. The number of carbonyl (C=O) groups is 2. The second kappa shape index (κ2) is 4.69. The molecule has 0 radical (unpaired) electrons. The third kappa shape index (κ3) is 3.10. The lowest BCUT2D eigenvalue weighted by Crippen LogP contribution is -2.25. The molecule has 1 aromatic rings. The lowest BCUT2D eigenvalue weighted by molar-refractivity contribution is -0.170. The number of Topliss-reactive ketones (excluding diaryl/α,β-unsaturated/α-hetero) is 2. The maximum absolute atomic E-state index is 11.9. The summed E-state index contributed by atoms with van der Waals surface area (Å²) in [5, 5.41) is 0. The van der Waals surface area contributed by atoms with Gasteiger partial charge in [0.2, 0.25) is 5.78 Å². The van der Waals surface area contributed by atoms with Crippen LogP contribution in [0.1, 0.15) is 16.8 Å². The first kappa shape index (κ1) is 12.8. The molecule has 0 N–H and O–H groups in total. The van der Waals surface area contributed by atoms with E-state index in [0.717, 1.165) is 0 Å². The molecule has 1 rings (SSSR count). The summed E-state index contributed by atoms with van der Waals surface area (Å²) in [4.78, 5) is 22.2. The number of thiol groups is 1. The summed E-state index contributed by atoms with van der Waals surface area (Å²) in [6.45, 7) is 0. The number of hydrogen-bond acceptors (Lipinski definition) is 3.